The van der Waals surface area contributed by atoms with E-state index in [1.807, 2.05) is 0 Å². The highest BCUT2D eigenvalue weighted by Crippen LogP contribution is 2.22. The molecule has 0 aliphatic rings. The van der Waals surface area contributed by atoms with Crippen LogP contribution in [0.4, 0.5) is 14.6 Å². The van der Waals surface area contributed by atoms with Gasteiger partial charge in [0.1, 0.15) is 5.82 Å². The third kappa shape index (κ3) is 6.94. The van der Waals surface area contributed by atoms with E-state index in [1.165, 1.54) is 31.5 Å². The van der Waals surface area contributed by atoms with Crippen molar-refractivity contribution in [2.24, 2.45) is 5.92 Å². The molecule has 0 unspecified atom stereocenters. The smallest absolute Gasteiger partial charge is 0.278 e. The van der Waals surface area contributed by atoms with Gasteiger partial charge in [-0.2, -0.15) is 4.98 Å². The van der Waals surface area contributed by atoms with Crippen LogP contribution in [0.1, 0.15) is 36.7 Å². The SMILES string of the molecule is COc1nc(OCC(C)(F)F)ccc1CNC(=O)c1ccnc(NC(=O)C(C)C)c1. The van der Waals surface area contributed by atoms with Crippen LogP contribution in [0, 0.1) is 5.92 Å². The molecule has 2 amide bonds. The first-order valence-corrected chi connectivity index (χ1v) is 9.18. The first-order valence-electron chi connectivity index (χ1n) is 9.18. The topological polar surface area (TPSA) is 102 Å². The number of hydrogen-bond donors (Lipinski definition) is 2. The Morgan fingerprint density at radius 3 is 2.60 bits per heavy atom. The minimum atomic E-state index is -2.99. The van der Waals surface area contributed by atoms with E-state index in [0.29, 0.717) is 11.1 Å². The summed E-state index contributed by atoms with van der Waals surface area (Å²) in [6.07, 6.45) is 1.42. The molecule has 0 spiro atoms. The normalized spacial score (nSPS) is 11.2. The molecule has 0 fully saturated rings. The maximum absolute atomic E-state index is 12.9. The molecule has 0 aromatic carbocycles. The number of halogens is 2. The summed E-state index contributed by atoms with van der Waals surface area (Å²) in [6.45, 7) is 3.51. The first kappa shape index (κ1) is 23.0. The zero-order valence-corrected chi connectivity index (χ0v) is 17.2. The number of rotatable bonds is 9. The predicted molar refractivity (Wildman–Crippen MR) is 106 cm³/mol. The second-order valence-electron chi connectivity index (χ2n) is 6.93. The molecule has 30 heavy (non-hydrogen) atoms. The number of alkyl halides is 2. The molecule has 2 heterocycles. The van der Waals surface area contributed by atoms with E-state index in [0.717, 1.165) is 6.92 Å². The van der Waals surface area contributed by atoms with Crippen molar-refractivity contribution in [3.05, 3.63) is 41.6 Å². The fourth-order valence-electron chi connectivity index (χ4n) is 2.23. The van der Waals surface area contributed by atoms with Gasteiger partial charge in [-0.1, -0.05) is 13.8 Å². The van der Waals surface area contributed by atoms with Crippen molar-refractivity contribution in [1.82, 2.24) is 15.3 Å². The van der Waals surface area contributed by atoms with Crippen molar-refractivity contribution in [1.29, 1.82) is 0 Å². The molecule has 0 atom stereocenters. The Hall–Kier alpha value is -3.30. The minimum Gasteiger partial charge on any atom is -0.481 e. The Morgan fingerprint density at radius 1 is 1.23 bits per heavy atom. The summed E-state index contributed by atoms with van der Waals surface area (Å²) >= 11 is 0. The lowest BCUT2D eigenvalue weighted by Gasteiger charge is -2.14. The van der Waals surface area contributed by atoms with Crippen LogP contribution in [0.3, 0.4) is 0 Å². The summed E-state index contributed by atoms with van der Waals surface area (Å²) in [6, 6.07) is 5.96. The largest absolute Gasteiger partial charge is 0.481 e. The quantitative estimate of drug-likeness (QED) is 0.644. The highest BCUT2D eigenvalue weighted by Gasteiger charge is 2.22. The van der Waals surface area contributed by atoms with Gasteiger partial charge in [0.15, 0.2) is 6.61 Å². The molecule has 0 aliphatic carbocycles. The molecular formula is C20H24F2N4O4. The average molecular weight is 422 g/mol. The molecule has 0 aliphatic heterocycles. The second-order valence-corrected chi connectivity index (χ2v) is 6.93. The second kappa shape index (κ2) is 9.95. The standard InChI is InChI=1S/C20H24F2N4O4/c1-12(2)17(27)25-15-9-13(7-8-23-15)18(28)24-10-14-5-6-16(26-19(14)29-4)30-11-20(3,21)22/h5-9,12H,10-11H2,1-4H3,(H,24,28)(H,23,25,27). The highest BCUT2D eigenvalue weighted by molar-refractivity contribution is 5.96. The number of amides is 2. The van der Waals surface area contributed by atoms with Gasteiger partial charge < -0.3 is 20.1 Å². The third-order valence-corrected chi connectivity index (χ3v) is 3.82. The van der Waals surface area contributed by atoms with E-state index >= 15 is 0 Å². The molecule has 0 saturated carbocycles. The molecule has 2 aromatic rings. The lowest BCUT2D eigenvalue weighted by atomic mass is 10.2. The molecule has 8 nitrogen and oxygen atoms in total. The van der Waals surface area contributed by atoms with Crippen molar-refractivity contribution in [2.75, 3.05) is 19.0 Å². The van der Waals surface area contributed by atoms with Crippen molar-refractivity contribution >= 4 is 17.6 Å². The van der Waals surface area contributed by atoms with E-state index in [4.69, 9.17) is 9.47 Å². The van der Waals surface area contributed by atoms with E-state index in [-0.39, 0.29) is 35.9 Å². The highest BCUT2D eigenvalue weighted by atomic mass is 19.3. The van der Waals surface area contributed by atoms with Crippen LogP contribution in [0.2, 0.25) is 0 Å². The van der Waals surface area contributed by atoms with Crippen LogP contribution in [0.5, 0.6) is 11.8 Å². The monoisotopic (exact) mass is 422 g/mol. The van der Waals surface area contributed by atoms with Crippen LogP contribution in [-0.4, -0.2) is 41.4 Å². The number of anilines is 1. The van der Waals surface area contributed by atoms with Crippen LogP contribution in [0.25, 0.3) is 0 Å². The Bertz CT molecular complexity index is 901. The number of nitrogens with zero attached hydrogens (tertiary/aromatic N) is 2. The van der Waals surface area contributed by atoms with Crippen molar-refractivity contribution in [3.8, 4) is 11.8 Å². The zero-order chi connectivity index (χ0) is 22.3. The molecule has 0 saturated heterocycles. The van der Waals surface area contributed by atoms with Gasteiger partial charge in [-0.25, -0.2) is 13.8 Å². The molecule has 2 aromatic heterocycles. The summed E-state index contributed by atoms with van der Waals surface area (Å²) in [5, 5.41) is 5.34. The summed E-state index contributed by atoms with van der Waals surface area (Å²) in [5.41, 5.74) is 0.838. The molecule has 162 valence electrons. The molecule has 2 rings (SSSR count). The van der Waals surface area contributed by atoms with Gasteiger partial charge in [0, 0.05) is 42.8 Å². The Balaban J connectivity index is 2.02. The minimum absolute atomic E-state index is 0.0110. The van der Waals surface area contributed by atoms with Crippen molar-refractivity contribution in [3.63, 3.8) is 0 Å². The summed E-state index contributed by atoms with van der Waals surface area (Å²) < 4.78 is 35.9. The van der Waals surface area contributed by atoms with E-state index in [2.05, 4.69) is 20.6 Å². The fraction of sp³-hybridized carbons (Fsp3) is 0.400. The first-order chi connectivity index (χ1) is 14.1. The van der Waals surface area contributed by atoms with Crippen LogP contribution < -0.4 is 20.1 Å². The summed E-state index contributed by atoms with van der Waals surface area (Å²) in [5.74, 6) is -3.41. The number of carbonyl (C=O) groups excluding carboxylic acids is 2. The fourth-order valence-corrected chi connectivity index (χ4v) is 2.23. The van der Waals surface area contributed by atoms with Gasteiger partial charge in [0.25, 0.3) is 11.8 Å². The summed E-state index contributed by atoms with van der Waals surface area (Å²) in [7, 11) is 1.37. The molecule has 2 N–H and O–H groups in total. The molecule has 10 heteroatoms. The maximum atomic E-state index is 12.9. The third-order valence-electron chi connectivity index (χ3n) is 3.82. The number of hydrogen-bond acceptors (Lipinski definition) is 6. The molecule has 0 radical (unpaired) electrons. The number of nitrogens with one attached hydrogen (secondary N) is 2. The van der Waals surface area contributed by atoms with E-state index in [1.54, 1.807) is 19.9 Å². The Labute approximate surface area is 173 Å². The Kier molecular flexibility index (Phi) is 7.62. The lowest BCUT2D eigenvalue weighted by Crippen LogP contribution is -2.24. The number of carbonyl (C=O) groups is 2. The van der Waals surface area contributed by atoms with Crippen LogP contribution >= 0.6 is 0 Å². The van der Waals surface area contributed by atoms with Gasteiger partial charge in [-0.3, -0.25) is 9.59 Å². The number of aromatic nitrogens is 2. The van der Waals surface area contributed by atoms with Gasteiger partial charge in [-0.05, 0) is 18.2 Å². The van der Waals surface area contributed by atoms with Gasteiger partial charge in [0.05, 0.1) is 7.11 Å². The van der Waals surface area contributed by atoms with Crippen LogP contribution in [-0.2, 0) is 11.3 Å². The lowest BCUT2D eigenvalue weighted by molar-refractivity contribution is -0.118. The molecular weight excluding hydrogens is 398 g/mol. The number of pyridine rings is 2. The van der Waals surface area contributed by atoms with E-state index < -0.39 is 18.4 Å². The Morgan fingerprint density at radius 2 is 1.97 bits per heavy atom. The zero-order valence-electron chi connectivity index (χ0n) is 17.2. The predicted octanol–water partition coefficient (Wildman–Crippen LogP) is 3.04. The molecule has 0 bridgehead atoms. The summed E-state index contributed by atoms with van der Waals surface area (Å²) in [4.78, 5) is 32.3. The van der Waals surface area contributed by atoms with Gasteiger partial charge in [0.2, 0.25) is 17.7 Å². The van der Waals surface area contributed by atoms with E-state index in [9.17, 15) is 18.4 Å². The van der Waals surface area contributed by atoms with Gasteiger partial charge in [-0.15, -0.1) is 0 Å². The van der Waals surface area contributed by atoms with Gasteiger partial charge >= 0.3 is 0 Å². The van der Waals surface area contributed by atoms with Crippen molar-refractivity contribution in [2.45, 2.75) is 33.2 Å². The maximum Gasteiger partial charge on any atom is 0.278 e. The number of methoxy groups -OCH3 is 1. The van der Waals surface area contributed by atoms with Crippen molar-refractivity contribution < 1.29 is 27.8 Å². The number of ether oxygens (including phenoxy) is 2. The average Bonchev–Trinajstić information content (AvgIpc) is 2.70. The van der Waals surface area contributed by atoms with Crippen LogP contribution in [0.15, 0.2) is 30.5 Å².